The number of rotatable bonds is 7. The van der Waals surface area contributed by atoms with Crippen molar-refractivity contribution in [3.8, 4) is 11.5 Å². The summed E-state index contributed by atoms with van der Waals surface area (Å²) in [6, 6.07) is 16.3. The number of hydrogen-bond acceptors (Lipinski definition) is 6. The molecule has 1 saturated heterocycles. The number of nitrogens with one attached hydrogen (secondary N) is 1. The molecule has 1 aliphatic heterocycles. The molecule has 6 nitrogen and oxygen atoms in total. The largest absolute Gasteiger partial charge is 0.496 e. The number of hydrogen-bond donors (Lipinski definition) is 1. The highest BCUT2D eigenvalue weighted by Crippen LogP contribution is 2.31. The molecule has 0 spiro atoms. The number of para-hydroxylation sites is 1. The fourth-order valence-electron chi connectivity index (χ4n) is 3.31. The van der Waals surface area contributed by atoms with Gasteiger partial charge in [-0.2, -0.15) is 0 Å². The number of ether oxygens (including phenoxy) is 3. The zero-order valence-corrected chi connectivity index (χ0v) is 15.8. The van der Waals surface area contributed by atoms with Crippen LogP contribution in [0.1, 0.15) is 17.2 Å². The van der Waals surface area contributed by atoms with E-state index in [9.17, 15) is 4.79 Å². The van der Waals surface area contributed by atoms with Crippen LogP contribution in [0.2, 0.25) is 0 Å². The Morgan fingerprint density at radius 3 is 2.67 bits per heavy atom. The number of methoxy groups -OCH3 is 2. The average Bonchev–Trinajstić information content (AvgIpc) is 2.73. The molecule has 0 radical (unpaired) electrons. The Labute approximate surface area is 160 Å². The fourth-order valence-corrected chi connectivity index (χ4v) is 3.31. The molecule has 0 aliphatic carbocycles. The van der Waals surface area contributed by atoms with Crippen LogP contribution in [0.4, 0.5) is 0 Å². The molecule has 0 amide bonds. The van der Waals surface area contributed by atoms with Crippen LogP contribution in [0.5, 0.6) is 11.5 Å². The summed E-state index contributed by atoms with van der Waals surface area (Å²) in [5, 5.41) is 3.48. The SMILES string of the molecule is COC(=O)COc1ccc(CN2CCNCC2c2ccccc2OC)cc1. The highest BCUT2D eigenvalue weighted by molar-refractivity contribution is 5.70. The molecule has 3 rings (SSSR count). The molecule has 0 saturated carbocycles. The van der Waals surface area contributed by atoms with E-state index in [1.807, 2.05) is 36.4 Å². The molecule has 2 aromatic carbocycles. The maximum atomic E-state index is 11.2. The van der Waals surface area contributed by atoms with Gasteiger partial charge in [0.25, 0.3) is 0 Å². The normalized spacial score (nSPS) is 17.3. The van der Waals surface area contributed by atoms with Gasteiger partial charge in [0.1, 0.15) is 11.5 Å². The lowest BCUT2D eigenvalue weighted by Crippen LogP contribution is -2.45. The van der Waals surface area contributed by atoms with Crippen LogP contribution < -0.4 is 14.8 Å². The predicted molar refractivity (Wildman–Crippen MR) is 103 cm³/mol. The number of benzene rings is 2. The molecule has 1 N–H and O–H groups in total. The molecule has 1 heterocycles. The molecule has 0 bridgehead atoms. The van der Waals surface area contributed by atoms with Crippen molar-refractivity contribution < 1.29 is 19.0 Å². The molecule has 1 aliphatic rings. The Hall–Kier alpha value is -2.57. The van der Waals surface area contributed by atoms with Gasteiger partial charge in [0.05, 0.1) is 20.3 Å². The Balaban J connectivity index is 1.68. The third-order valence-corrected chi connectivity index (χ3v) is 4.75. The van der Waals surface area contributed by atoms with Crippen molar-refractivity contribution in [3.63, 3.8) is 0 Å². The summed E-state index contributed by atoms with van der Waals surface area (Å²) >= 11 is 0. The molecular weight excluding hydrogens is 344 g/mol. The van der Waals surface area contributed by atoms with Gasteiger partial charge in [-0.1, -0.05) is 30.3 Å². The minimum atomic E-state index is -0.389. The number of esters is 1. The van der Waals surface area contributed by atoms with E-state index in [4.69, 9.17) is 9.47 Å². The third-order valence-electron chi connectivity index (χ3n) is 4.75. The van der Waals surface area contributed by atoms with Gasteiger partial charge in [-0.05, 0) is 23.8 Å². The van der Waals surface area contributed by atoms with Gasteiger partial charge < -0.3 is 19.5 Å². The van der Waals surface area contributed by atoms with Gasteiger partial charge in [0, 0.05) is 31.7 Å². The second-order valence-corrected chi connectivity index (χ2v) is 6.44. The van der Waals surface area contributed by atoms with Crippen molar-refractivity contribution in [3.05, 3.63) is 59.7 Å². The third kappa shape index (κ3) is 4.99. The van der Waals surface area contributed by atoms with Gasteiger partial charge in [0.15, 0.2) is 6.61 Å². The van der Waals surface area contributed by atoms with Crippen LogP contribution >= 0.6 is 0 Å². The van der Waals surface area contributed by atoms with Gasteiger partial charge in [-0.25, -0.2) is 4.79 Å². The molecule has 27 heavy (non-hydrogen) atoms. The predicted octanol–water partition coefficient (Wildman–Crippen LogP) is 2.39. The Kier molecular flexibility index (Phi) is 6.68. The van der Waals surface area contributed by atoms with Crippen molar-refractivity contribution in [2.45, 2.75) is 12.6 Å². The molecule has 1 atom stereocenters. The van der Waals surface area contributed by atoms with Gasteiger partial charge in [0.2, 0.25) is 0 Å². The molecular formula is C21H26N2O4. The van der Waals surface area contributed by atoms with Crippen molar-refractivity contribution >= 4 is 5.97 Å². The molecule has 2 aromatic rings. The number of piperazine rings is 1. The van der Waals surface area contributed by atoms with Crippen LogP contribution in [-0.2, 0) is 16.1 Å². The van der Waals surface area contributed by atoms with Crippen molar-refractivity contribution in [2.75, 3.05) is 40.5 Å². The Morgan fingerprint density at radius 1 is 1.15 bits per heavy atom. The minimum Gasteiger partial charge on any atom is -0.496 e. The molecule has 1 unspecified atom stereocenters. The zero-order chi connectivity index (χ0) is 19.1. The lowest BCUT2D eigenvalue weighted by atomic mass is 10.0. The van der Waals surface area contributed by atoms with E-state index >= 15 is 0 Å². The Morgan fingerprint density at radius 2 is 1.93 bits per heavy atom. The van der Waals surface area contributed by atoms with Crippen LogP contribution in [0.3, 0.4) is 0 Å². The lowest BCUT2D eigenvalue weighted by molar-refractivity contribution is -0.142. The van der Waals surface area contributed by atoms with Crippen LogP contribution in [-0.4, -0.2) is 51.3 Å². The first-order valence-corrected chi connectivity index (χ1v) is 9.07. The maximum absolute atomic E-state index is 11.2. The summed E-state index contributed by atoms with van der Waals surface area (Å²) < 4.78 is 15.6. The first-order chi connectivity index (χ1) is 13.2. The van der Waals surface area contributed by atoms with Gasteiger partial charge in [-0.3, -0.25) is 4.90 Å². The Bertz CT molecular complexity index is 748. The van der Waals surface area contributed by atoms with E-state index < -0.39 is 0 Å². The lowest BCUT2D eigenvalue weighted by Gasteiger charge is -2.37. The van der Waals surface area contributed by atoms with Crippen LogP contribution in [0.15, 0.2) is 48.5 Å². The maximum Gasteiger partial charge on any atom is 0.343 e. The van der Waals surface area contributed by atoms with E-state index in [-0.39, 0.29) is 18.6 Å². The second kappa shape index (κ2) is 9.39. The first kappa shape index (κ1) is 19.2. The van der Waals surface area contributed by atoms with Crippen LogP contribution in [0.25, 0.3) is 0 Å². The monoisotopic (exact) mass is 370 g/mol. The molecule has 144 valence electrons. The van der Waals surface area contributed by atoms with Crippen molar-refractivity contribution in [2.24, 2.45) is 0 Å². The average molecular weight is 370 g/mol. The van der Waals surface area contributed by atoms with Gasteiger partial charge >= 0.3 is 5.97 Å². The second-order valence-electron chi connectivity index (χ2n) is 6.44. The highest BCUT2D eigenvalue weighted by atomic mass is 16.6. The molecule has 6 heteroatoms. The van der Waals surface area contributed by atoms with Crippen molar-refractivity contribution in [1.29, 1.82) is 0 Å². The fraction of sp³-hybridized carbons (Fsp3) is 0.381. The van der Waals surface area contributed by atoms with E-state index in [2.05, 4.69) is 27.1 Å². The summed E-state index contributed by atoms with van der Waals surface area (Å²) in [5.74, 6) is 1.19. The number of carbonyl (C=O) groups is 1. The standard InChI is InChI=1S/C21H26N2O4/c1-25-20-6-4-3-5-18(20)19-13-22-11-12-23(19)14-16-7-9-17(10-8-16)27-15-21(24)26-2/h3-10,19,22H,11-15H2,1-2H3. The summed E-state index contributed by atoms with van der Waals surface area (Å²) in [6.07, 6.45) is 0. The smallest absolute Gasteiger partial charge is 0.343 e. The van der Waals surface area contributed by atoms with Gasteiger partial charge in [-0.15, -0.1) is 0 Å². The quantitative estimate of drug-likeness (QED) is 0.756. The summed E-state index contributed by atoms with van der Waals surface area (Å²) in [7, 11) is 3.06. The topological polar surface area (TPSA) is 60.0 Å². The van der Waals surface area contributed by atoms with Crippen LogP contribution in [0, 0.1) is 0 Å². The van der Waals surface area contributed by atoms with Crippen molar-refractivity contribution in [1.82, 2.24) is 10.2 Å². The van der Waals surface area contributed by atoms with E-state index in [0.29, 0.717) is 5.75 Å². The first-order valence-electron chi connectivity index (χ1n) is 9.07. The van der Waals surface area contributed by atoms with E-state index in [1.54, 1.807) is 7.11 Å². The summed E-state index contributed by atoms with van der Waals surface area (Å²) in [5.41, 5.74) is 2.40. The highest BCUT2D eigenvalue weighted by Gasteiger charge is 2.26. The summed E-state index contributed by atoms with van der Waals surface area (Å²) in [4.78, 5) is 13.6. The number of carbonyl (C=O) groups excluding carboxylic acids is 1. The van der Waals surface area contributed by atoms with E-state index in [0.717, 1.165) is 31.9 Å². The van der Waals surface area contributed by atoms with E-state index in [1.165, 1.54) is 18.2 Å². The summed E-state index contributed by atoms with van der Waals surface area (Å²) in [6.45, 7) is 3.57. The number of nitrogens with zero attached hydrogens (tertiary/aromatic N) is 1. The molecule has 0 aromatic heterocycles. The zero-order valence-electron chi connectivity index (χ0n) is 15.8. The minimum absolute atomic E-state index is 0.0798. The molecule has 1 fully saturated rings.